The molecule has 1 fully saturated rings. The Morgan fingerprint density at radius 2 is 1.60 bits per heavy atom. The van der Waals surface area contributed by atoms with Gasteiger partial charge in [0.15, 0.2) is 15.2 Å². The van der Waals surface area contributed by atoms with Crippen LogP contribution in [-0.4, -0.2) is 24.1 Å². The Labute approximate surface area is 118 Å². The van der Waals surface area contributed by atoms with E-state index in [0.717, 1.165) is 16.2 Å². The van der Waals surface area contributed by atoms with Crippen molar-refractivity contribution in [3.05, 3.63) is 65.7 Å². The average molecular weight is 289 g/mol. The van der Waals surface area contributed by atoms with Crippen LogP contribution in [0.4, 0.5) is 0 Å². The zero-order valence-electron chi connectivity index (χ0n) is 11.0. The normalized spacial score (nSPS) is 25.4. The second kappa shape index (κ2) is 4.70. The molecule has 20 heavy (non-hydrogen) atoms. The van der Waals surface area contributed by atoms with Crippen molar-refractivity contribution in [2.75, 3.05) is 0 Å². The summed E-state index contributed by atoms with van der Waals surface area (Å²) in [5.41, 5.74) is 1.80. The van der Waals surface area contributed by atoms with Crippen LogP contribution in [0.1, 0.15) is 17.2 Å². The van der Waals surface area contributed by atoms with E-state index in [0.29, 0.717) is 0 Å². The van der Waals surface area contributed by atoms with Crippen LogP contribution in [0.3, 0.4) is 0 Å². The molecule has 0 radical (unpaired) electrons. The summed E-state index contributed by atoms with van der Waals surface area (Å²) in [6.45, 7) is 1.90. The lowest BCUT2D eigenvalue weighted by molar-refractivity contribution is 0.0136. The van der Waals surface area contributed by atoms with Crippen molar-refractivity contribution in [2.45, 2.75) is 23.2 Å². The molecule has 3 atom stereocenters. The first kappa shape index (κ1) is 13.3. The fourth-order valence-electron chi connectivity index (χ4n) is 2.35. The molecule has 0 saturated carbocycles. The minimum absolute atomic E-state index is 0.241. The quantitative estimate of drug-likeness (QED) is 0.882. The maximum Gasteiger partial charge on any atom is 0.198 e. The van der Waals surface area contributed by atoms with Gasteiger partial charge in [0, 0.05) is 0 Å². The molecule has 1 aliphatic heterocycles. The van der Waals surface area contributed by atoms with Crippen molar-refractivity contribution in [3.8, 4) is 0 Å². The van der Waals surface area contributed by atoms with Gasteiger partial charge in [-0.15, -0.1) is 0 Å². The minimum Gasteiger partial charge on any atom is -0.312 e. The lowest BCUT2D eigenvalue weighted by Gasteiger charge is -2.03. The van der Waals surface area contributed by atoms with Crippen LogP contribution in [0.25, 0.3) is 0 Å². The molecular weight excluding hydrogens is 274 g/mol. The van der Waals surface area contributed by atoms with Crippen molar-refractivity contribution in [3.63, 3.8) is 0 Å². The highest BCUT2D eigenvalue weighted by Gasteiger charge is 2.57. The maximum absolute atomic E-state index is 12.5. The summed E-state index contributed by atoms with van der Waals surface area (Å²) < 4.78 is 25.0. The highest BCUT2D eigenvalue weighted by molar-refractivity contribution is 7.92. The van der Waals surface area contributed by atoms with E-state index in [-0.39, 0.29) is 4.90 Å². The molecule has 0 amide bonds. The Kier molecular flexibility index (Phi) is 3.12. The van der Waals surface area contributed by atoms with Crippen LogP contribution in [0.15, 0.2) is 59.5 Å². The molecule has 104 valence electrons. The van der Waals surface area contributed by atoms with Crippen LogP contribution in [0.5, 0.6) is 0 Å². The molecule has 4 nitrogen and oxygen atoms in total. The molecule has 5 heteroatoms. The van der Waals surface area contributed by atoms with Gasteiger partial charge in [-0.3, -0.25) is 0 Å². The molecule has 0 bridgehead atoms. The monoisotopic (exact) mass is 289 g/mol. The predicted molar refractivity (Wildman–Crippen MR) is 75.0 cm³/mol. The van der Waals surface area contributed by atoms with E-state index in [1.54, 1.807) is 24.3 Å². The zero-order chi connectivity index (χ0) is 14.3. The molecule has 2 aromatic rings. The molecule has 2 aromatic carbocycles. The van der Waals surface area contributed by atoms with Crippen LogP contribution >= 0.6 is 0 Å². The molecular formula is C15H15NO3S. The van der Waals surface area contributed by atoms with Gasteiger partial charge in [-0.25, -0.2) is 8.42 Å². The van der Waals surface area contributed by atoms with Crippen molar-refractivity contribution in [1.82, 2.24) is 5.06 Å². The fourth-order valence-corrected chi connectivity index (χ4v) is 4.11. The standard InChI is InChI=1S/C15H15NO3S/c1-11-7-9-13(10-8-11)20(18,19)15-14(16(15)17)12-5-3-2-4-6-12/h2-10,14-15,17H,1H3. The number of hydrogen-bond acceptors (Lipinski definition) is 4. The van der Waals surface area contributed by atoms with Crippen molar-refractivity contribution >= 4 is 9.84 Å². The smallest absolute Gasteiger partial charge is 0.198 e. The Balaban J connectivity index is 1.92. The Bertz CT molecular complexity index is 711. The third kappa shape index (κ3) is 2.14. The van der Waals surface area contributed by atoms with Gasteiger partial charge in [0.05, 0.1) is 10.9 Å². The topological polar surface area (TPSA) is 57.4 Å². The highest BCUT2D eigenvalue weighted by Crippen LogP contribution is 2.46. The number of aryl methyl sites for hydroxylation is 1. The van der Waals surface area contributed by atoms with Gasteiger partial charge < -0.3 is 5.21 Å². The van der Waals surface area contributed by atoms with E-state index in [1.165, 1.54) is 0 Å². The summed E-state index contributed by atoms with van der Waals surface area (Å²) in [4.78, 5) is 0.241. The first-order chi connectivity index (χ1) is 9.51. The molecule has 1 N–H and O–H groups in total. The highest BCUT2D eigenvalue weighted by atomic mass is 32.2. The van der Waals surface area contributed by atoms with E-state index in [1.807, 2.05) is 37.3 Å². The van der Waals surface area contributed by atoms with Gasteiger partial charge in [0.1, 0.15) is 0 Å². The van der Waals surface area contributed by atoms with Crippen LogP contribution < -0.4 is 0 Å². The molecule has 0 aromatic heterocycles. The van der Waals surface area contributed by atoms with Gasteiger partial charge in [-0.1, -0.05) is 48.0 Å². The maximum atomic E-state index is 12.5. The van der Waals surface area contributed by atoms with E-state index in [9.17, 15) is 13.6 Å². The number of sulfone groups is 1. The van der Waals surface area contributed by atoms with E-state index < -0.39 is 21.3 Å². The van der Waals surface area contributed by atoms with Crippen molar-refractivity contribution < 1.29 is 13.6 Å². The summed E-state index contributed by atoms with van der Waals surface area (Å²) in [7, 11) is -3.55. The van der Waals surface area contributed by atoms with E-state index >= 15 is 0 Å². The summed E-state index contributed by atoms with van der Waals surface area (Å²) in [5.74, 6) is 0. The zero-order valence-corrected chi connectivity index (χ0v) is 11.8. The predicted octanol–water partition coefficient (Wildman–Crippen LogP) is 2.54. The minimum atomic E-state index is -3.55. The van der Waals surface area contributed by atoms with Crippen LogP contribution in [0, 0.1) is 6.92 Å². The van der Waals surface area contributed by atoms with E-state index in [4.69, 9.17) is 0 Å². The number of benzene rings is 2. The molecule has 3 unspecified atom stereocenters. The van der Waals surface area contributed by atoms with Gasteiger partial charge in [-0.2, -0.15) is 5.06 Å². The molecule has 1 aliphatic rings. The van der Waals surface area contributed by atoms with Crippen molar-refractivity contribution in [2.24, 2.45) is 0 Å². The van der Waals surface area contributed by atoms with Gasteiger partial charge in [-0.05, 0) is 24.6 Å². The number of hydrogen-bond donors (Lipinski definition) is 1. The van der Waals surface area contributed by atoms with Crippen LogP contribution in [-0.2, 0) is 9.84 Å². The Morgan fingerprint density at radius 1 is 1.00 bits per heavy atom. The first-order valence-electron chi connectivity index (χ1n) is 6.34. The summed E-state index contributed by atoms with van der Waals surface area (Å²) in [6, 6.07) is 15.4. The summed E-state index contributed by atoms with van der Waals surface area (Å²) in [5, 5.41) is 9.84. The third-order valence-electron chi connectivity index (χ3n) is 3.53. The summed E-state index contributed by atoms with van der Waals surface area (Å²) in [6.07, 6.45) is 0. The number of rotatable bonds is 3. The van der Waals surface area contributed by atoms with Gasteiger partial charge in [0.2, 0.25) is 0 Å². The summed E-state index contributed by atoms with van der Waals surface area (Å²) >= 11 is 0. The SMILES string of the molecule is Cc1ccc(S(=O)(=O)C2C(c3ccccc3)N2O)cc1. The Morgan fingerprint density at radius 3 is 2.20 bits per heavy atom. The first-order valence-corrected chi connectivity index (χ1v) is 7.89. The molecule has 0 aliphatic carbocycles. The fraction of sp³-hybridized carbons (Fsp3) is 0.200. The lowest BCUT2D eigenvalue weighted by Crippen LogP contribution is -2.12. The second-order valence-corrected chi connectivity index (χ2v) is 7.03. The molecule has 1 heterocycles. The molecule has 3 rings (SSSR count). The molecule has 0 spiro atoms. The van der Waals surface area contributed by atoms with Gasteiger partial charge >= 0.3 is 0 Å². The average Bonchev–Trinajstić information content (AvgIpc) is 3.13. The van der Waals surface area contributed by atoms with Crippen molar-refractivity contribution in [1.29, 1.82) is 0 Å². The van der Waals surface area contributed by atoms with E-state index in [2.05, 4.69) is 0 Å². The number of nitrogens with zero attached hydrogens (tertiary/aromatic N) is 1. The second-order valence-electron chi connectivity index (χ2n) is 4.98. The number of hydroxylamine groups is 2. The van der Waals surface area contributed by atoms with Crippen LogP contribution in [0.2, 0.25) is 0 Å². The largest absolute Gasteiger partial charge is 0.312 e. The third-order valence-corrected chi connectivity index (χ3v) is 5.57. The Hall–Kier alpha value is -1.69. The van der Waals surface area contributed by atoms with Gasteiger partial charge in [0.25, 0.3) is 0 Å². The molecule has 1 saturated heterocycles. The lowest BCUT2D eigenvalue weighted by atomic mass is 10.2.